The maximum Gasteiger partial charge on any atom is 0.252 e. The molecule has 2 aromatic rings. The maximum atomic E-state index is 12.2. The van der Waals surface area contributed by atoms with Crippen molar-refractivity contribution in [3.63, 3.8) is 0 Å². The lowest BCUT2D eigenvalue weighted by molar-refractivity contribution is 0.0945. The summed E-state index contributed by atoms with van der Waals surface area (Å²) in [6, 6.07) is 8.99. The van der Waals surface area contributed by atoms with E-state index < -0.39 is 0 Å². The van der Waals surface area contributed by atoms with E-state index in [9.17, 15) is 4.79 Å². The molecule has 1 aromatic heterocycles. The van der Waals surface area contributed by atoms with Gasteiger partial charge < -0.3 is 10.2 Å². The molecule has 2 heterocycles. The zero-order valence-corrected chi connectivity index (χ0v) is 14.7. The number of hydrogen-bond donors (Lipinski definition) is 1. The fraction of sp³-hybridized carbons (Fsp3) is 0.333. The van der Waals surface area contributed by atoms with E-state index in [-0.39, 0.29) is 5.91 Å². The molecule has 0 spiro atoms. The van der Waals surface area contributed by atoms with Gasteiger partial charge in [0, 0.05) is 42.7 Å². The minimum absolute atomic E-state index is 0.145. The van der Waals surface area contributed by atoms with Crippen LogP contribution in [0.1, 0.15) is 23.2 Å². The number of pyridine rings is 1. The van der Waals surface area contributed by atoms with E-state index in [2.05, 4.69) is 15.2 Å². The number of anilines is 1. The first-order chi connectivity index (χ1) is 11.6. The van der Waals surface area contributed by atoms with Gasteiger partial charge in [-0.1, -0.05) is 23.2 Å². The lowest BCUT2D eigenvalue weighted by atomic mass is 9.96. The van der Waals surface area contributed by atoms with Gasteiger partial charge in [0.2, 0.25) is 0 Å². The fourth-order valence-corrected chi connectivity index (χ4v) is 3.45. The number of aromatic nitrogens is 1. The van der Waals surface area contributed by atoms with Crippen molar-refractivity contribution in [2.24, 2.45) is 5.92 Å². The summed E-state index contributed by atoms with van der Waals surface area (Å²) in [6.07, 6.45) is 5.74. The number of carbonyl (C=O) groups excluding carboxylic acids is 1. The number of carbonyl (C=O) groups is 1. The van der Waals surface area contributed by atoms with Crippen molar-refractivity contribution in [3.05, 3.63) is 58.3 Å². The van der Waals surface area contributed by atoms with Crippen LogP contribution < -0.4 is 10.2 Å². The molecular weight excluding hydrogens is 345 g/mol. The van der Waals surface area contributed by atoms with Gasteiger partial charge in [-0.2, -0.15) is 0 Å². The number of halogens is 2. The predicted molar refractivity (Wildman–Crippen MR) is 98.0 cm³/mol. The number of amides is 1. The Labute approximate surface area is 151 Å². The van der Waals surface area contributed by atoms with Gasteiger partial charge in [0.15, 0.2) is 0 Å². The van der Waals surface area contributed by atoms with Crippen LogP contribution in [0.2, 0.25) is 10.0 Å². The van der Waals surface area contributed by atoms with Crippen LogP contribution in [-0.2, 0) is 0 Å². The predicted octanol–water partition coefficient (Wildman–Crippen LogP) is 4.03. The molecule has 0 radical (unpaired) electrons. The van der Waals surface area contributed by atoms with Crippen LogP contribution in [-0.4, -0.2) is 30.5 Å². The molecule has 1 aliphatic heterocycles. The summed E-state index contributed by atoms with van der Waals surface area (Å²) in [7, 11) is 0. The van der Waals surface area contributed by atoms with Crippen molar-refractivity contribution in [3.8, 4) is 0 Å². The van der Waals surface area contributed by atoms with Gasteiger partial charge in [-0.25, -0.2) is 0 Å². The summed E-state index contributed by atoms with van der Waals surface area (Å²) in [4.78, 5) is 18.7. The van der Waals surface area contributed by atoms with Crippen LogP contribution in [0.4, 0.5) is 5.69 Å². The van der Waals surface area contributed by atoms with E-state index in [1.54, 1.807) is 18.2 Å². The Morgan fingerprint density at radius 3 is 2.54 bits per heavy atom. The van der Waals surface area contributed by atoms with Gasteiger partial charge in [0.1, 0.15) is 0 Å². The molecule has 1 aliphatic rings. The first kappa shape index (κ1) is 17.1. The maximum absolute atomic E-state index is 12.2. The largest absolute Gasteiger partial charge is 0.371 e. The third kappa shape index (κ3) is 4.19. The summed E-state index contributed by atoms with van der Waals surface area (Å²) < 4.78 is 0. The Hall–Kier alpha value is -1.78. The fourth-order valence-electron chi connectivity index (χ4n) is 2.96. The summed E-state index contributed by atoms with van der Waals surface area (Å²) in [5.74, 6) is 0.339. The molecule has 1 N–H and O–H groups in total. The Bertz CT molecular complexity index is 701. The minimum Gasteiger partial charge on any atom is -0.371 e. The second-order valence-corrected chi connectivity index (χ2v) is 6.81. The van der Waals surface area contributed by atoms with E-state index in [4.69, 9.17) is 23.2 Å². The van der Waals surface area contributed by atoms with Gasteiger partial charge in [-0.15, -0.1) is 0 Å². The van der Waals surface area contributed by atoms with Crippen LogP contribution in [0, 0.1) is 5.92 Å². The molecule has 1 fully saturated rings. The Kier molecular flexibility index (Phi) is 5.59. The number of piperidine rings is 1. The van der Waals surface area contributed by atoms with E-state index in [1.807, 2.05) is 24.5 Å². The lowest BCUT2D eigenvalue weighted by Gasteiger charge is -2.33. The SMILES string of the molecule is O=C(NCC1CCN(c2ccncc2)CC1)c1ccc(Cl)cc1Cl. The quantitative estimate of drug-likeness (QED) is 0.891. The zero-order valence-electron chi connectivity index (χ0n) is 13.2. The summed E-state index contributed by atoms with van der Waals surface area (Å²) in [6.45, 7) is 2.65. The summed E-state index contributed by atoms with van der Waals surface area (Å²) in [5, 5.41) is 3.90. The second-order valence-electron chi connectivity index (χ2n) is 5.97. The lowest BCUT2D eigenvalue weighted by Crippen LogP contribution is -2.38. The number of benzene rings is 1. The smallest absolute Gasteiger partial charge is 0.252 e. The van der Waals surface area contributed by atoms with E-state index in [0.29, 0.717) is 28.1 Å². The van der Waals surface area contributed by atoms with Crippen LogP contribution >= 0.6 is 23.2 Å². The highest BCUT2D eigenvalue weighted by atomic mass is 35.5. The van der Waals surface area contributed by atoms with Crippen molar-refractivity contribution in [1.82, 2.24) is 10.3 Å². The molecule has 24 heavy (non-hydrogen) atoms. The van der Waals surface area contributed by atoms with Gasteiger partial charge >= 0.3 is 0 Å². The molecule has 0 saturated carbocycles. The average molecular weight is 364 g/mol. The van der Waals surface area contributed by atoms with Crippen LogP contribution in [0.15, 0.2) is 42.7 Å². The van der Waals surface area contributed by atoms with E-state index >= 15 is 0 Å². The van der Waals surface area contributed by atoms with Crippen molar-refractivity contribution < 1.29 is 4.79 Å². The van der Waals surface area contributed by atoms with Gasteiger partial charge in [0.05, 0.1) is 10.6 Å². The first-order valence-electron chi connectivity index (χ1n) is 8.01. The highest BCUT2D eigenvalue weighted by molar-refractivity contribution is 6.36. The van der Waals surface area contributed by atoms with Crippen molar-refractivity contribution in [2.75, 3.05) is 24.5 Å². The second kappa shape index (κ2) is 7.86. The molecule has 1 saturated heterocycles. The topological polar surface area (TPSA) is 45.2 Å². The first-order valence-corrected chi connectivity index (χ1v) is 8.77. The van der Waals surface area contributed by atoms with Crippen molar-refractivity contribution >= 4 is 34.8 Å². The third-order valence-corrected chi connectivity index (χ3v) is 4.92. The molecular formula is C18H19Cl2N3O. The molecule has 126 valence electrons. The summed E-state index contributed by atoms with van der Waals surface area (Å²) in [5.41, 5.74) is 1.68. The highest BCUT2D eigenvalue weighted by Gasteiger charge is 2.20. The van der Waals surface area contributed by atoms with Crippen molar-refractivity contribution in [1.29, 1.82) is 0 Å². The molecule has 4 nitrogen and oxygen atoms in total. The Morgan fingerprint density at radius 2 is 1.88 bits per heavy atom. The molecule has 0 unspecified atom stereocenters. The number of rotatable bonds is 4. The molecule has 0 aliphatic carbocycles. The number of hydrogen-bond acceptors (Lipinski definition) is 3. The zero-order chi connectivity index (χ0) is 16.9. The van der Waals surface area contributed by atoms with E-state index in [0.717, 1.165) is 25.9 Å². The average Bonchev–Trinajstić information content (AvgIpc) is 2.61. The third-order valence-electron chi connectivity index (χ3n) is 4.37. The Balaban J connectivity index is 1.49. The molecule has 6 heteroatoms. The van der Waals surface area contributed by atoms with Gasteiger partial charge in [-0.3, -0.25) is 9.78 Å². The van der Waals surface area contributed by atoms with Crippen molar-refractivity contribution in [2.45, 2.75) is 12.8 Å². The summed E-state index contributed by atoms with van der Waals surface area (Å²) >= 11 is 11.9. The van der Waals surface area contributed by atoms with Gasteiger partial charge in [0.25, 0.3) is 5.91 Å². The van der Waals surface area contributed by atoms with Crippen LogP contribution in [0.25, 0.3) is 0 Å². The normalized spacial score (nSPS) is 15.3. The van der Waals surface area contributed by atoms with Crippen LogP contribution in [0.5, 0.6) is 0 Å². The highest BCUT2D eigenvalue weighted by Crippen LogP contribution is 2.23. The standard InChI is InChI=1S/C18H19Cl2N3O/c19-14-1-2-16(17(20)11-14)18(24)22-12-13-5-9-23(10-6-13)15-3-7-21-8-4-15/h1-4,7-8,11,13H,5-6,9-10,12H2,(H,22,24). The molecule has 3 rings (SSSR count). The minimum atomic E-state index is -0.145. The monoisotopic (exact) mass is 363 g/mol. The number of nitrogens with one attached hydrogen (secondary N) is 1. The number of nitrogens with zero attached hydrogens (tertiary/aromatic N) is 2. The molecule has 1 aromatic carbocycles. The Morgan fingerprint density at radius 1 is 1.17 bits per heavy atom. The molecule has 1 amide bonds. The van der Waals surface area contributed by atoms with Crippen LogP contribution in [0.3, 0.4) is 0 Å². The van der Waals surface area contributed by atoms with Gasteiger partial charge in [-0.05, 0) is 49.1 Å². The molecule has 0 bridgehead atoms. The molecule has 0 atom stereocenters. The van der Waals surface area contributed by atoms with E-state index in [1.165, 1.54) is 5.69 Å².